The van der Waals surface area contributed by atoms with Crippen molar-refractivity contribution in [1.82, 2.24) is 9.97 Å². The number of H-pyrrole nitrogens is 1. The number of aliphatic carboxylic acids is 1. The smallest absolute Gasteiger partial charge is 0.305 e. The lowest BCUT2D eigenvalue weighted by Crippen LogP contribution is -2.15. The topological polar surface area (TPSA) is 92.0 Å². The predicted octanol–water partition coefficient (Wildman–Crippen LogP) is 1.88. The Morgan fingerprint density at radius 2 is 2.38 bits per heavy atom. The molecular formula is C10H16ClN3O2. The van der Waals surface area contributed by atoms with Crippen LogP contribution in [0, 0.1) is 0 Å². The molecule has 16 heavy (non-hydrogen) atoms. The van der Waals surface area contributed by atoms with E-state index in [2.05, 4.69) is 16.9 Å². The van der Waals surface area contributed by atoms with Crippen LogP contribution in [-0.4, -0.2) is 21.0 Å². The molecule has 1 rings (SSSR count). The molecule has 0 saturated carbocycles. The van der Waals surface area contributed by atoms with Crippen LogP contribution >= 0.6 is 11.6 Å². The maximum absolute atomic E-state index is 10.5. The third kappa shape index (κ3) is 3.50. The average molecular weight is 246 g/mol. The molecule has 0 aliphatic carbocycles. The van der Waals surface area contributed by atoms with Gasteiger partial charge in [-0.15, -0.1) is 0 Å². The molecule has 0 aliphatic rings. The highest BCUT2D eigenvalue weighted by molar-refractivity contribution is 6.30. The number of hydrogen-bond donors (Lipinski definition) is 3. The number of halogens is 1. The van der Waals surface area contributed by atoms with E-state index in [1.165, 1.54) is 0 Å². The molecule has 6 heteroatoms. The summed E-state index contributed by atoms with van der Waals surface area (Å²) in [6.45, 7) is 2.08. The molecule has 90 valence electrons. The van der Waals surface area contributed by atoms with Gasteiger partial charge in [0.2, 0.25) is 0 Å². The van der Waals surface area contributed by atoms with Crippen LogP contribution in [0.25, 0.3) is 0 Å². The first-order chi connectivity index (χ1) is 7.54. The SMILES string of the molecule is CCCCc1nc(Cl)c(C(N)CC(=O)O)[nH]1. The van der Waals surface area contributed by atoms with Gasteiger partial charge in [-0.05, 0) is 6.42 Å². The number of nitrogens with zero attached hydrogens (tertiary/aromatic N) is 1. The number of nitrogens with one attached hydrogen (secondary N) is 1. The summed E-state index contributed by atoms with van der Waals surface area (Å²) in [5.74, 6) is -0.184. The average Bonchev–Trinajstić information content (AvgIpc) is 2.55. The Morgan fingerprint density at radius 1 is 1.69 bits per heavy atom. The molecule has 0 bridgehead atoms. The van der Waals surface area contributed by atoms with Crippen LogP contribution in [0.5, 0.6) is 0 Å². The molecule has 1 unspecified atom stereocenters. The number of nitrogens with two attached hydrogens (primary N) is 1. The van der Waals surface area contributed by atoms with Gasteiger partial charge in [0.1, 0.15) is 5.82 Å². The van der Waals surface area contributed by atoms with Crippen molar-refractivity contribution in [3.63, 3.8) is 0 Å². The first-order valence-corrected chi connectivity index (χ1v) is 5.64. The van der Waals surface area contributed by atoms with Crippen molar-refractivity contribution in [2.45, 2.75) is 38.6 Å². The lowest BCUT2D eigenvalue weighted by molar-refractivity contribution is -0.137. The highest BCUT2D eigenvalue weighted by atomic mass is 35.5. The van der Waals surface area contributed by atoms with Crippen LogP contribution in [0.1, 0.15) is 43.7 Å². The van der Waals surface area contributed by atoms with E-state index in [0.717, 1.165) is 25.1 Å². The third-order valence-electron chi connectivity index (χ3n) is 2.27. The van der Waals surface area contributed by atoms with Gasteiger partial charge >= 0.3 is 5.97 Å². The van der Waals surface area contributed by atoms with Gasteiger partial charge in [-0.25, -0.2) is 4.98 Å². The summed E-state index contributed by atoms with van der Waals surface area (Å²) in [5, 5.41) is 8.90. The molecule has 0 saturated heterocycles. The van der Waals surface area contributed by atoms with Crippen LogP contribution in [0.3, 0.4) is 0 Å². The first kappa shape index (κ1) is 13.0. The van der Waals surface area contributed by atoms with E-state index in [1.807, 2.05) is 0 Å². The molecule has 0 spiro atoms. The fraction of sp³-hybridized carbons (Fsp3) is 0.600. The third-order valence-corrected chi connectivity index (χ3v) is 2.55. The number of aromatic amines is 1. The standard InChI is InChI=1S/C10H16ClN3O2/c1-2-3-4-7-13-9(10(11)14-7)6(12)5-8(15)16/h6H,2-5,12H2,1H3,(H,13,14)(H,15,16). The van der Waals surface area contributed by atoms with Crippen molar-refractivity contribution in [3.05, 3.63) is 16.7 Å². The summed E-state index contributed by atoms with van der Waals surface area (Å²) in [5.41, 5.74) is 6.21. The van der Waals surface area contributed by atoms with Crippen LogP contribution in [-0.2, 0) is 11.2 Å². The first-order valence-electron chi connectivity index (χ1n) is 5.26. The number of carboxylic acids is 1. The van der Waals surface area contributed by atoms with Crippen LogP contribution in [0.15, 0.2) is 0 Å². The molecule has 0 radical (unpaired) electrons. The van der Waals surface area contributed by atoms with Gasteiger partial charge in [-0.1, -0.05) is 24.9 Å². The minimum Gasteiger partial charge on any atom is -0.481 e. The second-order valence-electron chi connectivity index (χ2n) is 3.70. The van der Waals surface area contributed by atoms with Crippen molar-refractivity contribution >= 4 is 17.6 Å². The van der Waals surface area contributed by atoms with E-state index in [-0.39, 0.29) is 11.6 Å². The molecule has 0 fully saturated rings. The number of hydrogen-bond acceptors (Lipinski definition) is 3. The quantitative estimate of drug-likeness (QED) is 0.714. The van der Waals surface area contributed by atoms with E-state index in [1.54, 1.807) is 0 Å². The number of rotatable bonds is 6. The van der Waals surface area contributed by atoms with E-state index < -0.39 is 12.0 Å². The van der Waals surface area contributed by atoms with Gasteiger partial charge in [0.15, 0.2) is 5.15 Å². The van der Waals surface area contributed by atoms with Gasteiger partial charge in [0.05, 0.1) is 18.2 Å². The zero-order valence-corrected chi connectivity index (χ0v) is 9.92. The summed E-state index contributed by atoms with van der Waals surface area (Å²) >= 11 is 5.89. The molecule has 1 atom stereocenters. The van der Waals surface area contributed by atoms with Crippen molar-refractivity contribution in [1.29, 1.82) is 0 Å². The second kappa shape index (κ2) is 5.86. The van der Waals surface area contributed by atoms with Gasteiger partial charge in [0, 0.05) is 6.42 Å². The number of aromatic nitrogens is 2. The van der Waals surface area contributed by atoms with Crippen LogP contribution in [0.4, 0.5) is 0 Å². The maximum atomic E-state index is 10.5. The predicted molar refractivity (Wildman–Crippen MR) is 61.4 cm³/mol. The Hall–Kier alpha value is -1.07. The van der Waals surface area contributed by atoms with E-state index in [0.29, 0.717) is 5.69 Å². The largest absolute Gasteiger partial charge is 0.481 e. The number of aryl methyl sites for hydroxylation is 1. The molecule has 0 aromatic carbocycles. The Bertz CT molecular complexity index is 365. The number of unbranched alkanes of at least 4 members (excludes halogenated alkanes) is 1. The highest BCUT2D eigenvalue weighted by Crippen LogP contribution is 2.21. The fourth-order valence-corrected chi connectivity index (χ4v) is 1.70. The van der Waals surface area contributed by atoms with E-state index >= 15 is 0 Å². The number of carboxylic acid groups (broad SMARTS) is 1. The molecule has 5 nitrogen and oxygen atoms in total. The Labute approximate surface area is 99.0 Å². The molecule has 0 amide bonds. The molecule has 1 heterocycles. The summed E-state index contributed by atoms with van der Waals surface area (Å²) in [4.78, 5) is 17.6. The summed E-state index contributed by atoms with van der Waals surface area (Å²) < 4.78 is 0. The van der Waals surface area contributed by atoms with Gasteiger partial charge < -0.3 is 15.8 Å². The maximum Gasteiger partial charge on any atom is 0.305 e. The normalized spacial score (nSPS) is 12.7. The lowest BCUT2D eigenvalue weighted by Gasteiger charge is -2.05. The van der Waals surface area contributed by atoms with Crippen molar-refractivity contribution in [3.8, 4) is 0 Å². The minimum absolute atomic E-state index is 0.158. The second-order valence-corrected chi connectivity index (χ2v) is 4.05. The van der Waals surface area contributed by atoms with Gasteiger partial charge in [0.25, 0.3) is 0 Å². The summed E-state index contributed by atoms with van der Waals surface area (Å²) in [6.07, 6.45) is 2.72. The van der Waals surface area contributed by atoms with Gasteiger partial charge in [-0.2, -0.15) is 0 Å². The Morgan fingerprint density at radius 3 is 2.94 bits per heavy atom. The Kier molecular flexibility index (Phi) is 4.76. The molecule has 1 aromatic rings. The minimum atomic E-state index is -0.951. The summed E-state index contributed by atoms with van der Waals surface area (Å²) in [7, 11) is 0. The van der Waals surface area contributed by atoms with Crippen molar-refractivity contribution < 1.29 is 9.90 Å². The van der Waals surface area contributed by atoms with Crippen molar-refractivity contribution in [2.24, 2.45) is 5.73 Å². The van der Waals surface area contributed by atoms with Gasteiger partial charge in [-0.3, -0.25) is 4.79 Å². The van der Waals surface area contributed by atoms with Crippen LogP contribution in [0.2, 0.25) is 5.15 Å². The molecule has 1 aromatic heterocycles. The van der Waals surface area contributed by atoms with E-state index in [4.69, 9.17) is 22.4 Å². The molecule has 0 aliphatic heterocycles. The zero-order chi connectivity index (χ0) is 12.1. The molecular weight excluding hydrogens is 230 g/mol. The number of imidazole rings is 1. The molecule has 4 N–H and O–H groups in total. The van der Waals surface area contributed by atoms with Crippen LogP contribution < -0.4 is 5.73 Å². The fourth-order valence-electron chi connectivity index (χ4n) is 1.41. The van der Waals surface area contributed by atoms with E-state index in [9.17, 15) is 4.79 Å². The zero-order valence-electron chi connectivity index (χ0n) is 9.16. The highest BCUT2D eigenvalue weighted by Gasteiger charge is 2.17. The monoisotopic (exact) mass is 245 g/mol. The van der Waals surface area contributed by atoms with Crippen molar-refractivity contribution in [2.75, 3.05) is 0 Å². The Balaban J connectivity index is 2.72. The number of carbonyl (C=O) groups is 1. The lowest BCUT2D eigenvalue weighted by atomic mass is 10.2. The summed E-state index contributed by atoms with van der Waals surface area (Å²) in [6, 6.07) is -0.632.